The zero-order valence-electron chi connectivity index (χ0n) is 18.2. The standard InChI is InChI=1S/C23H27ClN4O3S/c1-18(2)27(16-19-6-5-8-21(24)14-19)17-23(29)26-10-12-28(13-11-26)32(30,31)22-9-4-3-7-20(22)15-25/h3-9,14,18H,10-13,16-17H2,1-2H3. The predicted octanol–water partition coefficient (Wildman–Crippen LogP) is 2.96. The Hall–Kier alpha value is -2.44. The molecule has 170 valence electrons. The van der Waals surface area contributed by atoms with E-state index in [9.17, 15) is 18.5 Å². The van der Waals surface area contributed by atoms with E-state index in [-0.39, 0.29) is 42.0 Å². The van der Waals surface area contributed by atoms with Crippen molar-refractivity contribution in [1.29, 1.82) is 5.26 Å². The fourth-order valence-corrected chi connectivity index (χ4v) is 5.44. The Labute approximate surface area is 194 Å². The van der Waals surface area contributed by atoms with Crippen molar-refractivity contribution < 1.29 is 13.2 Å². The highest BCUT2D eigenvalue weighted by Crippen LogP contribution is 2.21. The second kappa shape index (κ2) is 10.5. The summed E-state index contributed by atoms with van der Waals surface area (Å²) in [6.07, 6.45) is 0. The topological polar surface area (TPSA) is 84.7 Å². The van der Waals surface area contributed by atoms with Gasteiger partial charge in [0, 0.05) is 43.8 Å². The van der Waals surface area contributed by atoms with E-state index >= 15 is 0 Å². The summed E-state index contributed by atoms with van der Waals surface area (Å²) in [6, 6.07) is 15.9. The average Bonchev–Trinajstić information content (AvgIpc) is 2.78. The number of nitrogens with zero attached hydrogens (tertiary/aromatic N) is 4. The first-order valence-electron chi connectivity index (χ1n) is 10.5. The number of nitriles is 1. The minimum atomic E-state index is -3.79. The molecule has 9 heteroatoms. The van der Waals surface area contributed by atoms with E-state index in [2.05, 4.69) is 4.90 Å². The highest BCUT2D eigenvalue weighted by atomic mass is 35.5. The molecule has 0 atom stereocenters. The SMILES string of the molecule is CC(C)N(CC(=O)N1CCN(S(=O)(=O)c2ccccc2C#N)CC1)Cc1cccc(Cl)c1. The summed E-state index contributed by atoms with van der Waals surface area (Å²) in [7, 11) is -3.79. The third-order valence-electron chi connectivity index (χ3n) is 5.56. The number of piperazine rings is 1. The third kappa shape index (κ3) is 5.67. The average molecular weight is 475 g/mol. The smallest absolute Gasteiger partial charge is 0.244 e. The van der Waals surface area contributed by atoms with Gasteiger partial charge < -0.3 is 4.90 Å². The minimum Gasteiger partial charge on any atom is -0.339 e. The largest absolute Gasteiger partial charge is 0.339 e. The molecule has 2 aromatic rings. The molecule has 1 saturated heterocycles. The molecule has 1 fully saturated rings. The van der Waals surface area contributed by atoms with Crippen molar-refractivity contribution in [2.45, 2.75) is 31.3 Å². The van der Waals surface area contributed by atoms with Gasteiger partial charge in [0.2, 0.25) is 15.9 Å². The fraction of sp³-hybridized carbons (Fsp3) is 0.391. The molecule has 1 amide bonds. The number of halogens is 1. The maximum atomic E-state index is 13.0. The van der Waals surface area contributed by atoms with Crippen molar-refractivity contribution in [3.63, 3.8) is 0 Å². The normalized spacial score (nSPS) is 15.2. The van der Waals surface area contributed by atoms with E-state index in [0.717, 1.165) is 5.56 Å². The highest BCUT2D eigenvalue weighted by Gasteiger charge is 2.32. The Morgan fingerprint density at radius 1 is 1.12 bits per heavy atom. The predicted molar refractivity (Wildman–Crippen MR) is 123 cm³/mol. The Bertz CT molecular complexity index is 1110. The number of carbonyl (C=O) groups is 1. The first-order valence-corrected chi connectivity index (χ1v) is 12.3. The maximum Gasteiger partial charge on any atom is 0.244 e. The molecule has 0 aromatic heterocycles. The molecule has 2 aromatic carbocycles. The van der Waals surface area contributed by atoms with Crippen LogP contribution < -0.4 is 0 Å². The van der Waals surface area contributed by atoms with Gasteiger partial charge in [0.05, 0.1) is 17.0 Å². The summed E-state index contributed by atoms with van der Waals surface area (Å²) in [5, 5.41) is 9.91. The summed E-state index contributed by atoms with van der Waals surface area (Å²) in [5.41, 5.74) is 1.16. The second-order valence-corrected chi connectivity index (χ2v) is 10.4. The van der Waals surface area contributed by atoms with Crippen molar-refractivity contribution in [2.24, 2.45) is 0 Å². The number of sulfonamides is 1. The van der Waals surface area contributed by atoms with Crippen LogP contribution in [-0.4, -0.2) is 67.2 Å². The van der Waals surface area contributed by atoms with Crippen molar-refractivity contribution in [3.05, 3.63) is 64.7 Å². The van der Waals surface area contributed by atoms with Crippen LogP contribution in [0.1, 0.15) is 25.0 Å². The first-order chi connectivity index (χ1) is 15.2. The van der Waals surface area contributed by atoms with Gasteiger partial charge in [0.25, 0.3) is 0 Å². The number of hydrogen-bond acceptors (Lipinski definition) is 5. The Morgan fingerprint density at radius 3 is 2.44 bits per heavy atom. The molecular formula is C23H27ClN4O3S. The number of rotatable bonds is 7. The van der Waals surface area contributed by atoms with Crippen LogP contribution in [0.3, 0.4) is 0 Å². The molecule has 1 heterocycles. The van der Waals surface area contributed by atoms with Crippen LogP contribution in [0.15, 0.2) is 53.4 Å². The van der Waals surface area contributed by atoms with Gasteiger partial charge in [0.1, 0.15) is 6.07 Å². The molecule has 1 aliphatic heterocycles. The summed E-state index contributed by atoms with van der Waals surface area (Å²) in [4.78, 5) is 16.7. The summed E-state index contributed by atoms with van der Waals surface area (Å²) >= 11 is 6.08. The fourth-order valence-electron chi connectivity index (χ4n) is 3.67. The van der Waals surface area contributed by atoms with Crippen molar-refractivity contribution in [1.82, 2.24) is 14.1 Å². The zero-order valence-corrected chi connectivity index (χ0v) is 19.8. The number of carbonyl (C=O) groups excluding carboxylic acids is 1. The molecule has 7 nitrogen and oxygen atoms in total. The van der Waals surface area contributed by atoms with Crippen molar-refractivity contribution >= 4 is 27.5 Å². The lowest BCUT2D eigenvalue weighted by molar-refractivity contribution is -0.134. The molecule has 0 aliphatic carbocycles. The molecule has 0 saturated carbocycles. The second-order valence-electron chi connectivity index (χ2n) is 8.02. The van der Waals surface area contributed by atoms with Crippen LogP contribution in [0.5, 0.6) is 0 Å². The first kappa shape index (κ1) is 24.2. The minimum absolute atomic E-state index is 0.00906. The number of benzene rings is 2. The van der Waals surface area contributed by atoms with Gasteiger partial charge >= 0.3 is 0 Å². The van der Waals surface area contributed by atoms with Crippen LogP contribution in [-0.2, 0) is 21.4 Å². The van der Waals surface area contributed by atoms with E-state index in [1.165, 1.54) is 16.4 Å². The van der Waals surface area contributed by atoms with Gasteiger partial charge in [-0.2, -0.15) is 9.57 Å². The van der Waals surface area contributed by atoms with Crippen LogP contribution >= 0.6 is 11.6 Å². The summed E-state index contributed by atoms with van der Waals surface area (Å²) in [6.45, 7) is 5.95. The van der Waals surface area contributed by atoms with Crippen LogP contribution in [0.2, 0.25) is 5.02 Å². The monoisotopic (exact) mass is 474 g/mol. The molecular weight excluding hydrogens is 448 g/mol. The lowest BCUT2D eigenvalue weighted by Gasteiger charge is -2.36. The number of hydrogen-bond donors (Lipinski definition) is 0. The molecule has 0 bridgehead atoms. The van der Waals surface area contributed by atoms with Crippen LogP contribution in [0.4, 0.5) is 0 Å². The van der Waals surface area contributed by atoms with E-state index in [0.29, 0.717) is 24.7 Å². The Kier molecular flexibility index (Phi) is 7.91. The van der Waals surface area contributed by atoms with E-state index < -0.39 is 10.0 Å². The highest BCUT2D eigenvalue weighted by molar-refractivity contribution is 7.89. The van der Waals surface area contributed by atoms with E-state index in [1.807, 2.05) is 44.2 Å². The van der Waals surface area contributed by atoms with Gasteiger partial charge in [-0.05, 0) is 43.7 Å². The Balaban J connectivity index is 1.62. The molecule has 3 rings (SSSR count). The van der Waals surface area contributed by atoms with E-state index in [4.69, 9.17) is 11.6 Å². The van der Waals surface area contributed by atoms with Gasteiger partial charge in [-0.15, -0.1) is 0 Å². The lowest BCUT2D eigenvalue weighted by Crippen LogP contribution is -2.53. The van der Waals surface area contributed by atoms with E-state index in [1.54, 1.807) is 17.0 Å². The van der Waals surface area contributed by atoms with Gasteiger partial charge in [-0.1, -0.05) is 35.9 Å². The van der Waals surface area contributed by atoms with Crippen molar-refractivity contribution in [2.75, 3.05) is 32.7 Å². The summed E-state index contributed by atoms with van der Waals surface area (Å²) < 4.78 is 27.3. The number of amides is 1. The maximum absolute atomic E-state index is 13.0. The van der Waals surface area contributed by atoms with Crippen LogP contribution in [0.25, 0.3) is 0 Å². The molecule has 0 radical (unpaired) electrons. The zero-order chi connectivity index (χ0) is 23.3. The lowest BCUT2D eigenvalue weighted by atomic mass is 10.2. The Morgan fingerprint density at radius 2 is 1.81 bits per heavy atom. The molecule has 32 heavy (non-hydrogen) atoms. The molecule has 0 N–H and O–H groups in total. The van der Waals surface area contributed by atoms with Crippen LogP contribution in [0, 0.1) is 11.3 Å². The quantitative estimate of drug-likeness (QED) is 0.616. The van der Waals surface area contributed by atoms with Gasteiger partial charge in [-0.3, -0.25) is 9.69 Å². The van der Waals surface area contributed by atoms with Crippen molar-refractivity contribution in [3.8, 4) is 6.07 Å². The third-order valence-corrected chi connectivity index (χ3v) is 7.75. The van der Waals surface area contributed by atoms with Gasteiger partial charge in [0.15, 0.2) is 0 Å². The molecule has 0 unspecified atom stereocenters. The van der Waals surface area contributed by atoms with Gasteiger partial charge in [-0.25, -0.2) is 8.42 Å². The molecule has 0 spiro atoms. The summed E-state index contributed by atoms with van der Waals surface area (Å²) in [5.74, 6) is -0.0322. The molecule has 1 aliphatic rings.